The fourth-order valence-electron chi connectivity index (χ4n) is 1.71. The summed E-state index contributed by atoms with van der Waals surface area (Å²) >= 11 is 0. The van der Waals surface area contributed by atoms with Crippen molar-refractivity contribution in [3.8, 4) is 6.01 Å². The van der Waals surface area contributed by atoms with Crippen LogP contribution < -0.4 is 15.4 Å². The highest BCUT2D eigenvalue weighted by atomic mass is 19.1. The number of hydrogen-bond acceptors (Lipinski definition) is 6. The Hall–Kier alpha value is -2.51. The van der Waals surface area contributed by atoms with Crippen molar-refractivity contribution in [1.29, 1.82) is 0 Å². The molecular formula is C13H15F2N5O. The molecule has 6 nitrogen and oxygen atoms in total. The molecule has 21 heavy (non-hydrogen) atoms. The predicted molar refractivity (Wildman–Crippen MR) is 74.5 cm³/mol. The van der Waals surface area contributed by atoms with E-state index in [2.05, 4.69) is 25.6 Å². The van der Waals surface area contributed by atoms with E-state index in [4.69, 9.17) is 4.74 Å². The molecule has 2 aromatic rings. The van der Waals surface area contributed by atoms with Crippen molar-refractivity contribution in [2.75, 3.05) is 31.3 Å². The number of halogens is 2. The largest absolute Gasteiger partial charge is 0.467 e. The summed E-state index contributed by atoms with van der Waals surface area (Å²) in [5.74, 6) is -0.502. The van der Waals surface area contributed by atoms with Gasteiger partial charge in [0.2, 0.25) is 11.9 Å². The molecule has 0 atom stereocenters. The third-order valence-corrected chi connectivity index (χ3v) is 2.64. The van der Waals surface area contributed by atoms with Crippen LogP contribution in [0.4, 0.5) is 20.7 Å². The normalized spacial score (nSPS) is 10.3. The molecule has 0 radical (unpaired) electrons. The van der Waals surface area contributed by atoms with Gasteiger partial charge in [-0.3, -0.25) is 0 Å². The number of methoxy groups -OCH3 is 1. The third kappa shape index (κ3) is 4.23. The first kappa shape index (κ1) is 14.9. The second-order valence-corrected chi connectivity index (χ2v) is 4.17. The minimum Gasteiger partial charge on any atom is -0.467 e. The average Bonchev–Trinajstić information content (AvgIpc) is 2.45. The molecule has 1 aromatic heterocycles. The monoisotopic (exact) mass is 295 g/mol. The predicted octanol–water partition coefficient (Wildman–Crippen LogP) is 1.85. The molecule has 8 heteroatoms. The zero-order chi connectivity index (χ0) is 15.2. The Balaban J connectivity index is 1.99. The Kier molecular flexibility index (Phi) is 4.81. The van der Waals surface area contributed by atoms with Crippen LogP contribution in [-0.4, -0.2) is 35.7 Å². The summed E-state index contributed by atoms with van der Waals surface area (Å²) in [5.41, 5.74) is 0.551. The third-order valence-electron chi connectivity index (χ3n) is 2.64. The van der Waals surface area contributed by atoms with Gasteiger partial charge in [-0.25, -0.2) is 8.78 Å². The maximum absolute atomic E-state index is 13.1. The topological polar surface area (TPSA) is 72.0 Å². The number of anilines is 2. The van der Waals surface area contributed by atoms with Crippen molar-refractivity contribution in [2.24, 2.45) is 0 Å². The molecule has 0 saturated carbocycles. The van der Waals surface area contributed by atoms with Crippen LogP contribution in [0.15, 0.2) is 18.2 Å². The summed E-state index contributed by atoms with van der Waals surface area (Å²) in [6.07, 6.45) is 0.428. The summed E-state index contributed by atoms with van der Waals surface area (Å²) in [7, 11) is 3.13. The summed E-state index contributed by atoms with van der Waals surface area (Å²) < 4.78 is 31.1. The van der Waals surface area contributed by atoms with Gasteiger partial charge in [-0.2, -0.15) is 15.0 Å². The molecule has 112 valence electrons. The van der Waals surface area contributed by atoms with Crippen LogP contribution in [0, 0.1) is 11.6 Å². The van der Waals surface area contributed by atoms with Crippen molar-refractivity contribution < 1.29 is 13.5 Å². The summed E-state index contributed by atoms with van der Waals surface area (Å²) in [6, 6.07) is 3.59. The van der Waals surface area contributed by atoms with Crippen LogP contribution in [-0.2, 0) is 6.42 Å². The van der Waals surface area contributed by atoms with E-state index < -0.39 is 11.6 Å². The van der Waals surface area contributed by atoms with E-state index in [1.54, 1.807) is 7.05 Å². The van der Waals surface area contributed by atoms with Gasteiger partial charge in [-0.1, -0.05) is 0 Å². The zero-order valence-electron chi connectivity index (χ0n) is 11.7. The van der Waals surface area contributed by atoms with Gasteiger partial charge in [0, 0.05) is 19.7 Å². The van der Waals surface area contributed by atoms with Gasteiger partial charge >= 0.3 is 6.01 Å². The molecule has 0 spiro atoms. The standard InChI is InChI=1S/C13H15F2N5O/c1-16-11-18-12(20-13(19-11)21-2)17-4-3-8-5-9(14)7-10(15)6-8/h5-7H,3-4H2,1-2H3,(H2,16,17,18,19,20). The zero-order valence-corrected chi connectivity index (χ0v) is 11.7. The molecule has 2 N–H and O–H groups in total. The van der Waals surface area contributed by atoms with Gasteiger partial charge in [0.1, 0.15) is 11.6 Å². The summed E-state index contributed by atoms with van der Waals surface area (Å²) in [6.45, 7) is 0.416. The van der Waals surface area contributed by atoms with Crippen molar-refractivity contribution in [3.05, 3.63) is 35.4 Å². The van der Waals surface area contributed by atoms with Crippen LogP contribution in [0.3, 0.4) is 0 Å². The molecule has 2 rings (SSSR count). The van der Waals surface area contributed by atoms with E-state index in [0.29, 0.717) is 30.4 Å². The van der Waals surface area contributed by atoms with Crippen LogP contribution in [0.2, 0.25) is 0 Å². The highest BCUT2D eigenvalue weighted by molar-refractivity contribution is 5.35. The van der Waals surface area contributed by atoms with E-state index in [1.807, 2.05) is 0 Å². The first-order valence-electron chi connectivity index (χ1n) is 6.27. The van der Waals surface area contributed by atoms with Crippen LogP contribution in [0.25, 0.3) is 0 Å². The quantitative estimate of drug-likeness (QED) is 0.847. The number of nitrogens with one attached hydrogen (secondary N) is 2. The molecule has 1 heterocycles. The number of nitrogens with zero attached hydrogens (tertiary/aromatic N) is 3. The SMILES string of the molecule is CNc1nc(NCCc2cc(F)cc(F)c2)nc(OC)n1. The Morgan fingerprint density at radius 1 is 1.05 bits per heavy atom. The smallest absolute Gasteiger partial charge is 0.322 e. The van der Waals surface area contributed by atoms with Gasteiger partial charge in [0.05, 0.1) is 7.11 Å². The second kappa shape index (κ2) is 6.78. The van der Waals surface area contributed by atoms with Gasteiger partial charge in [-0.05, 0) is 24.1 Å². The fraction of sp³-hybridized carbons (Fsp3) is 0.308. The highest BCUT2D eigenvalue weighted by Crippen LogP contribution is 2.11. The van der Waals surface area contributed by atoms with Gasteiger partial charge in [0.25, 0.3) is 0 Å². The number of rotatable bonds is 6. The minimum atomic E-state index is -0.593. The maximum atomic E-state index is 13.1. The lowest BCUT2D eigenvalue weighted by atomic mass is 10.1. The van der Waals surface area contributed by atoms with Crippen molar-refractivity contribution >= 4 is 11.9 Å². The van der Waals surface area contributed by atoms with Crippen molar-refractivity contribution in [1.82, 2.24) is 15.0 Å². The number of aromatic nitrogens is 3. The lowest BCUT2D eigenvalue weighted by Crippen LogP contribution is -2.11. The fourth-order valence-corrected chi connectivity index (χ4v) is 1.71. The lowest BCUT2D eigenvalue weighted by molar-refractivity contribution is 0.379. The first-order valence-corrected chi connectivity index (χ1v) is 6.27. The van der Waals surface area contributed by atoms with Crippen molar-refractivity contribution in [3.63, 3.8) is 0 Å². The van der Waals surface area contributed by atoms with E-state index in [9.17, 15) is 8.78 Å². The molecule has 1 aromatic carbocycles. The molecule has 0 bridgehead atoms. The van der Waals surface area contributed by atoms with Gasteiger partial charge in [-0.15, -0.1) is 0 Å². The molecule has 0 aliphatic rings. The molecule has 0 aliphatic heterocycles. The molecule has 0 amide bonds. The summed E-state index contributed by atoms with van der Waals surface area (Å²) in [5, 5.41) is 5.74. The Morgan fingerprint density at radius 3 is 2.33 bits per heavy atom. The van der Waals surface area contributed by atoms with E-state index in [0.717, 1.165) is 6.07 Å². The number of hydrogen-bond donors (Lipinski definition) is 2. The second-order valence-electron chi connectivity index (χ2n) is 4.17. The van der Waals surface area contributed by atoms with E-state index in [1.165, 1.54) is 19.2 Å². The van der Waals surface area contributed by atoms with Gasteiger partial charge < -0.3 is 15.4 Å². The van der Waals surface area contributed by atoms with E-state index in [-0.39, 0.29) is 6.01 Å². The Bertz CT molecular complexity index is 581. The van der Waals surface area contributed by atoms with Crippen LogP contribution in [0.1, 0.15) is 5.56 Å². The molecule has 0 unspecified atom stereocenters. The van der Waals surface area contributed by atoms with Crippen LogP contribution in [0.5, 0.6) is 6.01 Å². The summed E-state index contributed by atoms with van der Waals surface area (Å²) in [4.78, 5) is 12.1. The van der Waals surface area contributed by atoms with Crippen molar-refractivity contribution in [2.45, 2.75) is 6.42 Å². The van der Waals surface area contributed by atoms with E-state index >= 15 is 0 Å². The average molecular weight is 295 g/mol. The number of benzene rings is 1. The highest BCUT2D eigenvalue weighted by Gasteiger charge is 2.06. The molecular weight excluding hydrogens is 280 g/mol. The molecule has 0 fully saturated rings. The minimum absolute atomic E-state index is 0.175. The maximum Gasteiger partial charge on any atom is 0.322 e. The number of ether oxygens (including phenoxy) is 1. The lowest BCUT2D eigenvalue weighted by Gasteiger charge is -2.08. The molecule has 0 aliphatic carbocycles. The Morgan fingerprint density at radius 2 is 1.71 bits per heavy atom. The Labute approximate surface area is 120 Å². The van der Waals surface area contributed by atoms with Crippen LogP contribution >= 0.6 is 0 Å². The first-order chi connectivity index (χ1) is 10.1. The molecule has 0 saturated heterocycles. The van der Waals surface area contributed by atoms with Gasteiger partial charge in [0.15, 0.2) is 0 Å².